The molecule has 22 heavy (non-hydrogen) atoms. The number of rotatable bonds is 9. The highest BCUT2D eigenvalue weighted by Crippen LogP contribution is 2.12. The molecular formula is C15H28ClNO5. The Morgan fingerprint density at radius 2 is 1.86 bits per heavy atom. The lowest BCUT2D eigenvalue weighted by Gasteiger charge is -2.29. The number of amides is 1. The number of nitrogens with zero attached hydrogens (tertiary/aromatic N) is 1. The fourth-order valence-corrected chi connectivity index (χ4v) is 1.69. The molecule has 0 rings (SSSR count). The Hall–Kier alpha value is -1.01. The molecule has 0 fully saturated rings. The highest BCUT2D eigenvalue weighted by Gasteiger charge is 2.30. The van der Waals surface area contributed by atoms with Crippen LogP contribution in [-0.2, 0) is 19.0 Å². The number of hydrogen-bond acceptors (Lipinski definition) is 5. The van der Waals surface area contributed by atoms with Crippen LogP contribution in [0.3, 0.4) is 0 Å². The van der Waals surface area contributed by atoms with Gasteiger partial charge in [0.1, 0.15) is 11.6 Å². The van der Waals surface area contributed by atoms with Crippen molar-refractivity contribution >= 4 is 23.7 Å². The zero-order valence-corrected chi connectivity index (χ0v) is 14.9. The van der Waals surface area contributed by atoms with Crippen molar-refractivity contribution in [2.24, 2.45) is 0 Å². The van der Waals surface area contributed by atoms with Gasteiger partial charge in [0.05, 0.1) is 6.61 Å². The molecule has 0 aliphatic heterocycles. The second-order valence-corrected chi connectivity index (χ2v) is 6.11. The maximum atomic E-state index is 12.1. The van der Waals surface area contributed by atoms with Crippen molar-refractivity contribution < 1.29 is 23.8 Å². The first kappa shape index (κ1) is 21.0. The van der Waals surface area contributed by atoms with E-state index in [1.54, 1.807) is 27.7 Å². The molecule has 0 aromatic carbocycles. The van der Waals surface area contributed by atoms with E-state index in [0.29, 0.717) is 13.2 Å². The molecule has 0 saturated heterocycles. The maximum Gasteiger partial charge on any atom is 0.411 e. The predicted octanol–water partition coefficient (Wildman–Crippen LogP) is 3.17. The SMILES string of the molecule is CCCCOCCN(C(=O)OCCl)[C@@H](C)C(=O)OC(C)(C)C. The minimum absolute atomic E-state index is 0.236. The largest absolute Gasteiger partial charge is 0.458 e. The summed E-state index contributed by atoms with van der Waals surface area (Å²) in [5, 5.41) is 0. The molecule has 7 heteroatoms. The van der Waals surface area contributed by atoms with Gasteiger partial charge in [0, 0.05) is 13.2 Å². The number of alkyl halides is 1. The minimum atomic E-state index is -0.773. The normalized spacial score (nSPS) is 12.6. The fraction of sp³-hybridized carbons (Fsp3) is 0.867. The summed E-state index contributed by atoms with van der Waals surface area (Å²) >= 11 is 5.42. The first-order valence-corrected chi connectivity index (χ1v) is 8.06. The summed E-state index contributed by atoms with van der Waals surface area (Å²) in [6.45, 7) is 10.2. The summed E-state index contributed by atoms with van der Waals surface area (Å²) in [6.07, 6.45) is 1.33. The molecule has 130 valence electrons. The summed E-state index contributed by atoms with van der Waals surface area (Å²) < 4.78 is 15.5. The average molecular weight is 338 g/mol. The molecule has 0 bridgehead atoms. The third-order valence-electron chi connectivity index (χ3n) is 2.75. The summed E-state index contributed by atoms with van der Waals surface area (Å²) in [7, 11) is 0. The van der Waals surface area contributed by atoms with Crippen LogP contribution in [0.2, 0.25) is 0 Å². The van der Waals surface area contributed by atoms with Crippen LogP contribution in [0.5, 0.6) is 0 Å². The summed E-state index contributed by atoms with van der Waals surface area (Å²) in [5.41, 5.74) is -0.620. The van der Waals surface area contributed by atoms with Crippen molar-refractivity contribution in [1.82, 2.24) is 4.90 Å². The number of unbranched alkanes of at least 4 members (excludes halogenated alkanes) is 1. The van der Waals surface area contributed by atoms with E-state index in [0.717, 1.165) is 12.8 Å². The average Bonchev–Trinajstić information content (AvgIpc) is 2.40. The van der Waals surface area contributed by atoms with Crippen LogP contribution in [0.15, 0.2) is 0 Å². The van der Waals surface area contributed by atoms with Crippen LogP contribution < -0.4 is 0 Å². The van der Waals surface area contributed by atoms with E-state index in [-0.39, 0.29) is 12.6 Å². The number of ether oxygens (including phenoxy) is 3. The molecule has 6 nitrogen and oxygen atoms in total. The summed E-state index contributed by atoms with van der Waals surface area (Å²) in [4.78, 5) is 25.3. The van der Waals surface area contributed by atoms with Gasteiger partial charge in [-0.1, -0.05) is 24.9 Å². The third-order valence-corrected chi connectivity index (χ3v) is 2.86. The van der Waals surface area contributed by atoms with E-state index < -0.39 is 23.7 Å². The monoisotopic (exact) mass is 337 g/mol. The number of carbonyl (C=O) groups is 2. The van der Waals surface area contributed by atoms with Crippen LogP contribution in [0.25, 0.3) is 0 Å². The van der Waals surface area contributed by atoms with Gasteiger partial charge < -0.3 is 14.2 Å². The molecule has 0 aromatic heterocycles. The van der Waals surface area contributed by atoms with E-state index in [4.69, 9.17) is 25.8 Å². The first-order chi connectivity index (χ1) is 10.2. The van der Waals surface area contributed by atoms with Crippen molar-refractivity contribution in [3.8, 4) is 0 Å². The van der Waals surface area contributed by atoms with E-state index >= 15 is 0 Å². The van der Waals surface area contributed by atoms with E-state index in [1.807, 2.05) is 0 Å². The van der Waals surface area contributed by atoms with Gasteiger partial charge >= 0.3 is 12.1 Å². The van der Waals surface area contributed by atoms with Crippen molar-refractivity contribution in [2.75, 3.05) is 25.8 Å². The highest BCUT2D eigenvalue weighted by molar-refractivity contribution is 6.17. The summed E-state index contributed by atoms with van der Waals surface area (Å²) in [5.74, 6) is -0.493. The second kappa shape index (κ2) is 10.7. The van der Waals surface area contributed by atoms with Gasteiger partial charge in [-0.15, -0.1) is 0 Å². The topological polar surface area (TPSA) is 65.1 Å². The molecule has 0 heterocycles. The molecule has 1 atom stereocenters. The zero-order chi connectivity index (χ0) is 17.2. The Balaban J connectivity index is 4.62. The quantitative estimate of drug-likeness (QED) is 0.367. The third kappa shape index (κ3) is 9.10. The Morgan fingerprint density at radius 3 is 2.36 bits per heavy atom. The van der Waals surface area contributed by atoms with Crippen molar-refractivity contribution in [3.05, 3.63) is 0 Å². The lowest BCUT2D eigenvalue weighted by atomic mass is 10.2. The lowest BCUT2D eigenvalue weighted by molar-refractivity contribution is -0.160. The van der Waals surface area contributed by atoms with Crippen LogP contribution in [0.4, 0.5) is 4.79 Å². The maximum absolute atomic E-state index is 12.1. The molecule has 1 amide bonds. The van der Waals surface area contributed by atoms with Crippen molar-refractivity contribution in [2.45, 2.75) is 59.1 Å². The highest BCUT2D eigenvalue weighted by atomic mass is 35.5. The molecule has 0 saturated carbocycles. The minimum Gasteiger partial charge on any atom is -0.458 e. The van der Waals surface area contributed by atoms with Gasteiger partial charge in [-0.05, 0) is 34.1 Å². The smallest absolute Gasteiger partial charge is 0.411 e. The standard InChI is InChI=1S/C15H28ClNO5/c1-6-7-9-20-10-8-17(14(19)21-11-16)12(2)13(18)22-15(3,4)5/h12H,6-11H2,1-5H3/t12-/m0/s1. The summed E-state index contributed by atoms with van der Waals surface area (Å²) in [6, 6.07) is -1.04. The Labute approximate surface area is 138 Å². The van der Waals surface area contributed by atoms with Gasteiger partial charge in [-0.2, -0.15) is 0 Å². The molecule has 0 aliphatic carbocycles. The fourth-order valence-electron chi connectivity index (χ4n) is 1.60. The van der Waals surface area contributed by atoms with E-state index in [1.165, 1.54) is 4.90 Å². The molecule has 0 N–H and O–H groups in total. The Bertz CT molecular complexity index is 343. The van der Waals surface area contributed by atoms with E-state index in [2.05, 4.69) is 6.92 Å². The van der Waals surface area contributed by atoms with Crippen LogP contribution in [-0.4, -0.2) is 54.4 Å². The molecular weight excluding hydrogens is 310 g/mol. The number of carbonyl (C=O) groups excluding carboxylic acids is 2. The molecule has 0 aliphatic rings. The van der Waals surface area contributed by atoms with Gasteiger partial charge in [-0.3, -0.25) is 4.90 Å². The molecule has 0 unspecified atom stereocenters. The lowest BCUT2D eigenvalue weighted by Crippen LogP contribution is -2.47. The molecule has 0 spiro atoms. The van der Waals surface area contributed by atoms with Gasteiger partial charge in [0.2, 0.25) is 0 Å². The Kier molecular flexibility index (Phi) is 10.2. The van der Waals surface area contributed by atoms with Crippen molar-refractivity contribution in [3.63, 3.8) is 0 Å². The number of esters is 1. The van der Waals surface area contributed by atoms with Crippen LogP contribution in [0.1, 0.15) is 47.5 Å². The van der Waals surface area contributed by atoms with Gasteiger partial charge in [0.15, 0.2) is 6.07 Å². The first-order valence-electron chi connectivity index (χ1n) is 7.53. The van der Waals surface area contributed by atoms with Crippen LogP contribution >= 0.6 is 11.6 Å². The second-order valence-electron chi connectivity index (χ2n) is 5.89. The van der Waals surface area contributed by atoms with Crippen molar-refractivity contribution in [1.29, 1.82) is 0 Å². The predicted molar refractivity (Wildman–Crippen MR) is 84.9 cm³/mol. The van der Waals surface area contributed by atoms with Gasteiger partial charge in [0.25, 0.3) is 0 Å². The van der Waals surface area contributed by atoms with Gasteiger partial charge in [-0.25, -0.2) is 9.59 Å². The molecule has 0 radical (unpaired) electrons. The zero-order valence-electron chi connectivity index (χ0n) is 14.2. The number of halogens is 1. The number of hydrogen-bond donors (Lipinski definition) is 0. The van der Waals surface area contributed by atoms with Crippen LogP contribution in [0, 0.1) is 0 Å². The Morgan fingerprint density at radius 1 is 1.23 bits per heavy atom. The molecule has 0 aromatic rings. The van der Waals surface area contributed by atoms with E-state index in [9.17, 15) is 9.59 Å².